The van der Waals surface area contributed by atoms with Crippen LogP contribution in [0.25, 0.3) is 0 Å². The smallest absolute Gasteiger partial charge is 0.412 e. The molecule has 6 nitrogen and oxygen atoms in total. The summed E-state index contributed by atoms with van der Waals surface area (Å²) in [5.74, 6) is -0.759. The van der Waals surface area contributed by atoms with Crippen LogP contribution in [0.2, 0.25) is 0 Å². The highest BCUT2D eigenvalue weighted by Gasteiger charge is 2.17. The van der Waals surface area contributed by atoms with Gasteiger partial charge in [-0.1, -0.05) is 30.3 Å². The van der Waals surface area contributed by atoms with Crippen LogP contribution in [0.15, 0.2) is 48.5 Å². The number of carbonyl (C=O) groups is 1. The highest BCUT2D eigenvalue weighted by Crippen LogP contribution is 2.25. The lowest BCUT2D eigenvalue weighted by Crippen LogP contribution is -2.14. The minimum Gasteiger partial charge on any atom is -0.444 e. The Morgan fingerprint density at radius 1 is 1.24 bits per heavy atom. The largest absolute Gasteiger partial charge is 0.444 e. The van der Waals surface area contributed by atoms with Gasteiger partial charge in [-0.05, 0) is 17.7 Å². The molecule has 0 spiro atoms. The van der Waals surface area contributed by atoms with Crippen molar-refractivity contribution >= 4 is 17.5 Å². The summed E-state index contributed by atoms with van der Waals surface area (Å²) < 4.78 is 17.9. The van der Waals surface area contributed by atoms with E-state index in [0.717, 1.165) is 23.8 Å². The number of carbonyl (C=O) groups excluding carboxylic acids is 1. The van der Waals surface area contributed by atoms with E-state index in [1.165, 1.54) is 0 Å². The molecule has 0 aliphatic rings. The first kappa shape index (κ1) is 14.4. The van der Waals surface area contributed by atoms with Crippen molar-refractivity contribution in [2.45, 2.75) is 6.61 Å². The average Bonchev–Trinajstić information content (AvgIpc) is 2.48. The number of anilines is 1. The second-order valence-corrected chi connectivity index (χ2v) is 4.11. The van der Waals surface area contributed by atoms with Crippen LogP contribution in [0, 0.1) is 15.9 Å². The second kappa shape index (κ2) is 6.47. The third kappa shape index (κ3) is 4.00. The van der Waals surface area contributed by atoms with Crippen molar-refractivity contribution in [3.8, 4) is 0 Å². The van der Waals surface area contributed by atoms with Gasteiger partial charge in [0.15, 0.2) is 0 Å². The molecule has 0 aliphatic carbocycles. The summed E-state index contributed by atoms with van der Waals surface area (Å²) >= 11 is 0. The van der Waals surface area contributed by atoms with Gasteiger partial charge in [0.1, 0.15) is 18.1 Å². The van der Waals surface area contributed by atoms with E-state index in [1.807, 2.05) is 6.07 Å². The van der Waals surface area contributed by atoms with Crippen LogP contribution in [-0.2, 0) is 11.3 Å². The van der Waals surface area contributed by atoms with E-state index in [4.69, 9.17) is 4.74 Å². The zero-order chi connectivity index (χ0) is 15.2. The molecule has 0 aromatic heterocycles. The van der Waals surface area contributed by atoms with E-state index in [0.29, 0.717) is 0 Å². The molecule has 0 heterocycles. The molecule has 108 valence electrons. The molecular weight excluding hydrogens is 279 g/mol. The number of amides is 1. The van der Waals surface area contributed by atoms with Gasteiger partial charge in [-0.3, -0.25) is 15.4 Å². The number of benzene rings is 2. The normalized spacial score (nSPS) is 9.95. The van der Waals surface area contributed by atoms with Gasteiger partial charge in [0, 0.05) is 0 Å². The Balaban J connectivity index is 2.01. The first-order valence-electron chi connectivity index (χ1n) is 5.98. The first-order valence-corrected chi connectivity index (χ1v) is 5.98. The maximum Gasteiger partial charge on any atom is 0.412 e. The summed E-state index contributed by atoms with van der Waals surface area (Å²) in [7, 11) is 0. The Morgan fingerprint density at radius 3 is 2.62 bits per heavy atom. The number of halogens is 1. The van der Waals surface area contributed by atoms with Crippen molar-refractivity contribution in [3.05, 3.63) is 70.0 Å². The summed E-state index contributed by atoms with van der Waals surface area (Å²) in [5.41, 5.74) is 0.118. The monoisotopic (exact) mass is 290 g/mol. The van der Waals surface area contributed by atoms with Crippen molar-refractivity contribution in [3.63, 3.8) is 0 Å². The van der Waals surface area contributed by atoms with Crippen LogP contribution in [0.3, 0.4) is 0 Å². The fraction of sp³-hybridized carbons (Fsp3) is 0.0714. The van der Waals surface area contributed by atoms with Gasteiger partial charge in [-0.2, -0.15) is 0 Å². The number of rotatable bonds is 4. The fourth-order valence-corrected chi connectivity index (χ4v) is 1.63. The van der Waals surface area contributed by atoms with Crippen LogP contribution in [0.4, 0.5) is 20.6 Å². The predicted molar refractivity (Wildman–Crippen MR) is 73.3 cm³/mol. The van der Waals surface area contributed by atoms with Gasteiger partial charge >= 0.3 is 6.09 Å². The average molecular weight is 290 g/mol. The number of hydrogen-bond donors (Lipinski definition) is 1. The maximum absolute atomic E-state index is 13.0. The molecule has 2 aromatic rings. The Labute approximate surface area is 119 Å². The van der Waals surface area contributed by atoms with Crippen molar-refractivity contribution in [2.24, 2.45) is 0 Å². The minimum absolute atomic E-state index is 0.0294. The molecule has 0 bridgehead atoms. The lowest BCUT2D eigenvalue weighted by molar-refractivity contribution is -0.384. The Hall–Kier alpha value is -2.96. The van der Waals surface area contributed by atoms with Crippen LogP contribution < -0.4 is 5.32 Å². The quantitative estimate of drug-likeness (QED) is 0.690. The molecule has 1 N–H and O–H groups in total. The third-order valence-corrected chi connectivity index (χ3v) is 2.61. The second-order valence-electron chi connectivity index (χ2n) is 4.11. The van der Waals surface area contributed by atoms with Crippen LogP contribution in [0.5, 0.6) is 0 Å². The molecule has 0 fully saturated rings. The van der Waals surface area contributed by atoms with E-state index >= 15 is 0 Å². The lowest BCUT2D eigenvalue weighted by Gasteiger charge is -2.07. The molecule has 2 aromatic carbocycles. The highest BCUT2D eigenvalue weighted by molar-refractivity contribution is 5.87. The molecule has 21 heavy (non-hydrogen) atoms. The summed E-state index contributed by atoms with van der Waals surface area (Å²) in [4.78, 5) is 21.6. The molecule has 0 saturated heterocycles. The number of nitro benzene ring substituents is 1. The molecule has 1 amide bonds. The molecule has 0 unspecified atom stereocenters. The van der Waals surface area contributed by atoms with Gasteiger partial charge in [-0.15, -0.1) is 0 Å². The van der Waals surface area contributed by atoms with E-state index in [1.54, 1.807) is 24.3 Å². The molecule has 0 aliphatic heterocycles. The first-order chi connectivity index (χ1) is 10.1. The SMILES string of the molecule is O=C(Nc1ccc(F)cc1[N+](=O)[O-])OCc1ccccc1. The number of nitro groups is 1. The molecule has 0 saturated carbocycles. The van der Waals surface area contributed by atoms with Crippen molar-refractivity contribution < 1.29 is 18.8 Å². The van der Waals surface area contributed by atoms with Crippen LogP contribution in [0.1, 0.15) is 5.56 Å². The predicted octanol–water partition coefficient (Wildman–Crippen LogP) is 3.48. The van der Waals surface area contributed by atoms with Gasteiger partial charge < -0.3 is 4.74 Å². The number of nitrogens with one attached hydrogen (secondary N) is 1. The van der Waals surface area contributed by atoms with Crippen molar-refractivity contribution in [1.29, 1.82) is 0 Å². The van der Waals surface area contributed by atoms with E-state index in [2.05, 4.69) is 5.32 Å². The Kier molecular flexibility index (Phi) is 4.45. The summed E-state index contributed by atoms with van der Waals surface area (Å²) in [6, 6.07) is 11.8. The third-order valence-electron chi connectivity index (χ3n) is 2.61. The number of ether oxygens (including phenoxy) is 1. The fourth-order valence-electron chi connectivity index (χ4n) is 1.63. The lowest BCUT2D eigenvalue weighted by atomic mass is 10.2. The van der Waals surface area contributed by atoms with E-state index in [-0.39, 0.29) is 12.3 Å². The van der Waals surface area contributed by atoms with Crippen molar-refractivity contribution in [1.82, 2.24) is 0 Å². The molecule has 2 rings (SSSR count). The zero-order valence-electron chi connectivity index (χ0n) is 10.8. The summed E-state index contributed by atoms with van der Waals surface area (Å²) in [6.45, 7) is 0.0294. The Bertz CT molecular complexity index is 661. The summed E-state index contributed by atoms with van der Waals surface area (Å²) in [5, 5.41) is 13.0. The van der Waals surface area contributed by atoms with E-state index in [9.17, 15) is 19.3 Å². The molecule has 0 atom stereocenters. The zero-order valence-corrected chi connectivity index (χ0v) is 10.8. The van der Waals surface area contributed by atoms with Gasteiger partial charge in [0.2, 0.25) is 0 Å². The van der Waals surface area contributed by atoms with Crippen LogP contribution >= 0.6 is 0 Å². The van der Waals surface area contributed by atoms with Gasteiger partial charge in [0.05, 0.1) is 11.0 Å². The molecule has 7 heteroatoms. The maximum atomic E-state index is 13.0. The topological polar surface area (TPSA) is 81.5 Å². The van der Waals surface area contributed by atoms with Gasteiger partial charge in [0.25, 0.3) is 5.69 Å². The van der Waals surface area contributed by atoms with E-state index < -0.39 is 22.5 Å². The van der Waals surface area contributed by atoms with Crippen molar-refractivity contribution in [2.75, 3.05) is 5.32 Å². The molecule has 0 radical (unpaired) electrons. The Morgan fingerprint density at radius 2 is 1.95 bits per heavy atom. The summed E-state index contributed by atoms with van der Waals surface area (Å²) in [6.07, 6.45) is -0.853. The number of nitrogens with zero attached hydrogens (tertiary/aromatic N) is 1. The minimum atomic E-state index is -0.853. The number of hydrogen-bond acceptors (Lipinski definition) is 4. The standard InChI is InChI=1S/C14H11FN2O4/c15-11-6-7-12(13(8-11)17(19)20)16-14(18)21-9-10-4-2-1-3-5-10/h1-8H,9H2,(H,16,18). The molecular formula is C14H11FN2O4. The van der Waals surface area contributed by atoms with Gasteiger partial charge in [-0.25, -0.2) is 9.18 Å². The highest BCUT2D eigenvalue weighted by atomic mass is 19.1. The van der Waals surface area contributed by atoms with Crippen LogP contribution in [-0.4, -0.2) is 11.0 Å².